The Morgan fingerprint density at radius 2 is 1.93 bits per heavy atom. The minimum absolute atomic E-state index is 0.237. The fourth-order valence-electron chi connectivity index (χ4n) is 2.27. The Bertz CT molecular complexity index is 950. The number of nitrogens with one attached hydrogen (secondary N) is 1. The molecule has 5 nitrogen and oxygen atoms in total. The zero-order chi connectivity index (χ0) is 19.2. The molecule has 0 aliphatic carbocycles. The van der Waals surface area contributed by atoms with Crippen molar-refractivity contribution < 1.29 is 4.79 Å². The Kier molecular flexibility index (Phi) is 6.76. The van der Waals surface area contributed by atoms with E-state index in [0.717, 1.165) is 37.2 Å². The summed E-state index contributed by atoms with van der Waals surface area (Å²) < 4.78 is 1.000. The number of rotatable bonds is 6. The van der Waals surface area contributed by atoms with E-state index < -0.39 is 0 Å². The summed E-state index contributed by atoms with van der Waals surface area (Å²) in [4.78, 5) is 22.0. The number of halogens is 1. The van der Waals surface area contributed by atoms with Crippen LogP contribution in [0.1, 0.15) is 32.2 Å². The first-order valence-corrected chi connectivity index (χ1v) is 10.8. The Morgan fingerprint density at radius 3 is 2.56 bits per heavy atom. The zero-order valence-electron chi connectivity index (χ0n) is 14.8. The smallest absolute Gasteiger partial charge is 0.267 e. The number of thiophene rings is 1. The van der Waals surface area contributed by atoms with Crippen molar-refractivity contribution in [3.05, 3.63) is 73.6 Å². The number of thioether (sulfide) groups is 1. The first-order valence-electron chi connectivity index (χ1n) is 8.11. The molecular weight excluding hydrogens is 444 g/mol. The summed E-state index contributed by atoms with van der Waals surface area (Å²) >= 11 is 6.51. The number of hydrogen-bond donors (Lipinski definition) is 1. The van der Waals surface area contributed by atoms with E-state index in [9.17, 15) is 4.79 Å². The number of amides is 1. The highest BCUT2D eigenvalue weighted by atomic mass is 79.9. The lowest BCUT2D eigenvalue weighted by atomic mass is 10.1. The van der Waals surface area contributed by atoms with Gasteiger partial charge in [0.05, 0.1) is 6.21 Å². The van der Waals surface area contributed by atoms with Gasteiger partial charge in [-0.2, -0.15) is 5.10 Å². The molecular formula is C19H17BrN4OS2. The first kappa shape index (κ1) is 19.7. The topological polar surface area (TPSA) is 67.2 Å². The van der Waals surface area contributed by atoms with Crippen LogP contribution >= 0.6 is 39.0 Å². The highest BCUT2D eigenvalue weighted by Crippen LogP contribution is 2.20. The van der Waals surface area contributed by atoms with Crippen molar-refractivity contribution >= 4 is 51.2 Å². The van der Waals surface area contributed by atoms with Crippen LogP contribution in [0.2, 0.25) is 0 Å². The van der Waals surface area contributed by atoms with Crippen LogP contribution in [-0.4, -0.2) is 22.1 Å². The number of benzene rings is 1. The molecule has 0 bridgehead atoms. The first-order chi connectivity index (χ1) is 13.0. The van der Waals surface area contributed by atoms with Crippen LogP contribution < -0.4 is 5.43 Å². The third-order valence-corrected chi connectivity index (χ3v) is 6.04. The van der Waals surface area contributed by atoms with Gasteiger partial charge < -0.3 is 0 Å². The number of hydrogen-bond acceptors (Lipinski definition) is 6. The van der Waals surface area contributed by atoms with Gasteiger partial charge in [0, 0.05) is 37.4 Å². The molecule has 0 fully saturated rings. The van der Waals surface area contributed by atoms with Crippen LogP contribution in [0.15, 0.2) is 56.5 Å². The number of aromatic nitrogens is 2. The monoisotopic (exact) mass is 460 g/mol. The SMILES string of the molecule is Cc1cc(C)nc(SCc2ccc(C(=O)N/N=C/c3cc(Br)cs3)cc2)n1. The van der Waals surface area contributed by atoms with E-state index in [2.05, 4.69) is 36.4 Å². The summed E-state index contributed by atoms with van der Waals surface area (Å²) in [5, 5.41) is 6.72. The van der Waals surface area contributed by atoms with Crippen LogP contribution in [0.5, 0.6) is 0 Å². The second kappa shape index (κ2) is 9.25. The molecule has 8 heteroatoms. The van der Waals surface area contributed by atoms with Gasteiger partial charge in [-0.25, -0.2) is 15.4 Å². The second-order valence-electron chi connectivity index (χ2n) is 5.79. The lowest BCUT2D eigenvalue weighted by molar-refractivity contribution is 0.0955. The molecule has 1 aromatic carbocycles. The molecule has 0 unspecified atom stereocenters. The number of aryl methyl sites for hydroxylation is 2. The molecule has 138 valence electrons. The Morgan fingerprint density at radius 1 is 1.22 bits per heavy atom. The molecule has 0 saturated carbocycles. The highest BCUT2D eigenvalue weighted by molar-refractivity contribution is 9.10. The molecule has 0 radical (unpaired) electrons. The number of carbonyl (C=O) groups excluding carboxylic acids is 1. The molecule has 2 heterocycles. The summed E-state index contributed by atoms with van der Waals surface area (Å²) in [6.45, 7) is 3.93. The van der Waals surface area contributed by atoms with E-state index in [1.807, 2.05) is 43.5 Å². The molecule has 0 aliphatic rings. The number of nitrogens with zero attached hydrogens (tertiary/aromatic N) is 3. The Labute approximate surface area is 174 Å². The highest BCUT2D eigenvalue weighted by Gasteiger charge is 2.06. The maximum Gasteiger partial charge on any atom is 0.271 e. The van der Waals surface area contributed by atoms with Gasteiger partial charge in [-0.3, -0.25) is 4.79 Å². The van der Waals surface area contributed by atoms with Crippen molar-refractivity contribution in [1.29, 1.82) is 0 Å². The van der Waals surface area contributed by atoms with Gasteiger partial charge >= 0.3 is 0 Å². The van der Waals surface area contributed by atoms with Gasteiger partial charge in [0.25, 0.3) is 5.91 Å². The van der Waals surface area contributed by atoms with Gasteiger partial charge in [0.15, 0.2) is 5.16 Å². The van der Waals surface area contributed by atoms with Crippen molar-refractivity contribution in [3.8, 4) is 0 Å². The van der Waals surface area contributed by atoms with Crippen molar-refractivity contribution in [1.82, 2.24) is 15.4 Å². The number of carbonyl (C=O) groups is 1. The average Bonchev–Trinajstić information content (AvgIpc) is 3.05. The standard InChI is InChI=1S/C19H17BrN4OS2/c1-12-7-13(2)23-19(22-12)27-10-14-3-5-15(6-4-14)18(25)24-21-9-17-8-16(20)11-26-17/h3-9,11H,10H2,1-2H3,(H,24,25)/b21-9+. The van der Waals surface area contributed by atoms with E-state index in [4.69, 9.17) is 0 Å². The van der Waals surface area contributed by atoms with Crippen LogP contribution in [0.3, 0.4) is 0 Å². The second-order valence-corrected chi connectivity index (χ2v) is 8.59. The maximum atomic E-state index is 12.1. The number of hydrazone groups is 1. The summed E-state index contributed by atoms with van der Waals surface area (Å²) in [7, 11) is 0. The molecule has 0 spiro atoms. The van der Waals surface area contributed by atoms with Crippen molar-refractivity contribution in [2.75, 3.05) is 0 Å². The average molecular weight is 461 g/mol. The van der Waals surface area contributed by atoms with Crippen LogP contribution in [0, 0.1) is 13.8 Å². The van der Waals surface area contributed by atoms with Gasteiger partial charge in [0.2, 0.25) is 0 Å². The molecule has 1 amide bonds. The lowest BCUT2D eigenvalue weighted by Gasteiger charge is -2.04. The fraction of sp³-hybridized carbons (Fsp3) is 0.158. The van der Waals surface area contributed by atoms with Crippen molar-refractivity contribution in [3.63, 3.8) is 0 Å². The summed E-state index contributed by atoms with van der Waals surface area (Å²) in [6.07, 6.45) is 1.63. The lowest BCUT2D eigenvalue weighted by Crippen LogP contribution is -2.17. The third kappa shape index (κ3) is 5.98. The molecule has 0 aliphatic heterocycles. The molecule has 0 atom stereocenters. The van der Waals surface area contributed by atoms with E-state index in [0.29, 0.717) is 5.56 Å². The Balaban J connectivity index is 1.54. The molecule has 1 N–H and O–H groups in total. The summed E-state index contributed by atoms with van der Waals surface area (Å²) in [6, 6.07) is 11.4. The van der Waals surface area contributed by atoms with Gasteiger partial charge in [-0.1, -0.05) is 23.9 Å². The van der Waals surface area contributed by atoms with Crippen molar-refractivity contribution in [2.24, 2.45) is 5.10 Å². The predicted molar refractivity (Wildman–Crippen MR) is 115 cm³/mol. The molecule has 27 heavy (non-hydrogen) atoms. The Hall–Kier alpha value is -2.03. The van der Waals surface area contributed by atoms with Crippen LogP contribution in [0.4, 0.5) is 0 Å². The minimum atomic E-state index is -0.237. The minimum Gasteiger partial charge on any atom is -0.267 e. The quantitative estimate of drug-likeness (QED) is 0.244. The van der Waals surface area contributed by atoms with E-state index in [1.165, 1.54) is 0 Å². The third-order valence-electron chi connectivity index (χ3n) is 3.49. The van der Waals surface area contributed by atoms with Crippen LogP contribution in [-0.2, 0) is 5.75 Å². The summed E-state index contributed by atoms with van der Waals surface area (Å²) in [5.74, 6) is 0.509. The van der Waals surface area contributed by atoms with E-state index >= 15 is 0 Å². The molecule has 3 aromatic rings. The van der Waals surface area contributed by atoms with Gasteiger partial charge in [-0.05, 0) is 59.6 Å². The van der Waals surface area contributed by atoms with Gasteiger partial charge in [0.1, 0.15) is 0 Å². The van der Waals surface area contributed by atoms with E-state index in [1.54, 1.807) is 41.4 Å². The van der Waals surface area contributed by atoms with E-state index in [-0.39, 0.29) is 5.91 Å². The van der Waals surface area contributed by atoms with Gasteiger partial charge in [-0.15, -0.1) is 11.3 Å². The largest absolute Gasteiger partial charge is 0.271 e. The predicted octanol–water partition coefficient (Wildman–Crippen LogP) is 4.97. The fourth-order valence-corrected chi connectivity index (χ4v) is 4.48. The molecule has 0 saturated heterocycles. The normalized spacial score (nSPS) is 11.1. The van der Waals surface area contributed by atoms with Crippen molar-refractivity contribution in [2.45, 2.75) is 24.8 Å². The maximum absolute atomic E-state index is 12.1. The zero-order valence-corrected chi connectivity index (χ0v) is 18.0. The molecule has 2 aromatic heterocycles. The molecule has 3 rings (SSSR count). The summed E-state index contributed by atoms with van der Waals surface area (Å²) in [5.41, 5.74) is 6.14. The van der Waals surface area contributed by atoms with Crippen LogP contribution in [0.25, 0.3) is 0 Å².